The average molecular weight is 436 g/mol. The number of aryl methyl sites for hydroxylation is 1. The minimum Gasteiger partial charge on any atom is -0.457 e. The van der Waals surface area contributed by atoms with Crippen molar-refractivity contribution in [2.75, 3.05) is 0 Å². The molecular formula is C17H13IN2O2S. The number of ether oxygens (including phenoxy) is 1. The van der Waals surface area contributed by atoms with Crippen LogP contribution in [-0.4, -0.2) is 15.8 Å². The van der Waals surface area contributed by atoms with Gasteiger partial charge < -0.3 is 9.30 Å². The van der Waals surface area contributed by atoms with E-state index in [-0.39, 0.29) is 0 Å². The smallest absolute Gasteiger partial charge is 0.172 e. The summed E-state index contributed by atoms with van der Waals surface area (Å²) in [5, 5.41) is 0.855. The lowest BCUT2D eigenvalue weighted by molar-refractivity contribution is 0.112. The lowest BCUT2D eigenvalue weighted by Gasteiger charge is -2.09. The van der Waals surface area contributed by atoms with E-state index < -0.39 is 0 Å². The quantitative estimate of drug-likeness (QED) is 0.427. The molecule has 0 atom stereocenters. The van der Waals surface area contributed by atoms with Crippen LogP contribution in [0.5, 0.6) is 11.5 Å². The molecule has 0 aliphatic rings. The molecule has 0 amide bonds. The van der Waals surface area contributed by atoms with E-state index in [2.05, 4.69) is 27.6 Å². The van der Waals surface area contributed by atoms with Crippen molar-refractivity contribution in [2.24, 2.45) is 7.05 Å². The molecular weight excluding hydrogens is 423 g/mol. The molecule has 3 rings (SSSR count). The topological polar surface area (TPSA) is 44.1 Å². The SMILES string of the molecule is Cn1ccnc1Sc1cc(C=O)cc(Oc2ccc(I)cc2)c1. The molecule has 23 heavy (non-hydrogen) atoms. The molecule has 0 bridgehead atoms. The fourth-order valence-electron chi connectivity index (χ4n) is 1.97. The lowest BCUT2D eigenvalue weighted by Crippen LogP contribution is -1.91. The van der Waals surface area contributed by atoms with Gasteiger partial charge in [-0.05, 0) is 65.1 Å². The Kier molecular flexibility index (Phi) is 5.02. The highest BCUT2D eigenvalue weighted by molar-refractivity contribution is 14.1. The first-order chi connectivity index (χ1) is 11.1. The van der Waals surface area contributed by atoms with E-state index in [1.165, 1.54) is 11.8 Å². The van der Waals surface area contributed by atoms with E-state index >= 15 is 0 Å². The zero-order chi connectivity index (χ0) is 16.2. The standard InChI is InChI=1S/C17H13IN2O2S/c1-20-7-6-19-17(20)23-16-9-12(11-21)8-15(10-16)22-14-4-2-13(18)3-5-14/h2-11H,1H3. The van der Waals surface area contributed by atoms with E-state index in [9.17, 15) is 4.79 Å². The maximum Gasteiger partial charge on any atom is 0.172 e. The van der Waals surface area contributed by atoms with Crippen LogP contribution in [0.4, 0.5) is 0 Å². The molecule has 1 aromatic heterocycles. The van der Waals surface area contributed by atoms with Crippen LogP contribution in [0.1, 0.15) is 10.4 Å². The Hall–Kier alpha value is -1.80. The molecule has 0 N–H and O–H groups in total. The van der Waals surface area contributed by atoms with Gasteiger partial charge in [-0.1, -0.05) is 11.8 Å². The number of benzene rings is 2. The fraction of sp³-hybridized carbons (Fsp3) is 0.0588. The molecule has 0 saturated carbocycles. The molecule has 1 heterocycles. The third-order valence-corrected chi connectivity index (χ3v) is 4.84. The maximum atomic E-state index is 11.2. The molecule has 4 nitrogen and oxygen atoms in total. The Morgan fingerprint density at radius 3 is 2.61 bits per heavy atom. The van der Waals surface area contributed by atoms with Gasteiger partial charge in [0.2, 0.25) is 0 Å². The second kappa shape index (κ2) is 7.18. The van der Waals surface area contributed by atoms with Crippen molar-refractivity contribution in [1.82, 2.24) is 9.55 Å². The van der Waals surface area contributed by atoms with E-state index in [1.807, 2.05) is 54.2 Å². The number of hydrogen-bond acceptors (Lipinski definition) is 4. The van der Waals surface area contributed by atoms with E-state index in [1.54, 1.807) is 12.3 Å². The van der Waals surface area contributed by atoms with Crippen LogP contribution in [-0.2, 0) is 7.05 Å². The predicted molar refractivity (Wildman–Crippen MR) is 98.4 cm³/mol. The lowest BCUT2D eigenvalue weighted by atomic mass is 10.2. The van der Waals surface area contributed by atoms with Crippen molar-refractivity contribution in [3.05, 3.63) is 64.0 Å². The molecule has 116 valence electrons. The van der Waals surface area contributed by atoms with Crippen LogP contribution in [0.15, 0.2) is 64.9 Å². The Morgan fingerprint density at radius 1 is 1.17 bits per heavy atom. The summed E-state index contributed by atoms with van der Waals surface area (Å²) in [4.78, 5) is 16.4. The number of carbonyl (C=O) groups is 1. The Labute approximate surface area is 152 Å². The molecule has 0 aliphatic heterocycles. The zero-order valence-corrected chi connectivity index (χ0v) is 15.2. The first-order valence-corrected chi connectivity index (χ1v) is 8.72. The zero-order valence-electron chi connectivity index (χ0n) is 12.3. The molecule has 0 spiro atoms. The summed E-state index contributed by atoms with van der Waals surface area (Å²) < 4.78 is 8.93. The third-order valence-electron chi connectivity index (χ3n) is 3.07. The van der Waals surface area contributed by atoms with Crippen molar-refractivity contribution in [3.8, 4) is 11.5 Å². The van der Waals surface area contributed by atoms with Crippen LogP contribution in [0, 0.1) is 3.57 Å². The van der Waals surface area contributed by atoms with Gasteiger partial charge >= 0.3 is 0 Å². The van der Waals surface area contributed by atoms with Crippen molar-refractivity contribution >= 4 is 40.6 Å². The summed E-state index contributed by atoms with van der Waals surface area (Å²) in [6.07, 6.45) is 4.45. The van der Waals surface area contributed by atoms with Gasteiger partial charge in [0.05, 0.1) is 0 Å². The van der Waals surface area contributed by atoms with Crippen LogP contribution in [0.3, 0.4) is 0 Å². The number of aromatic nitrogens is 2. The maximum absolute atomic E-state index is 11.2. The minimum atomic E-state index is 0.574. The van der Waals surface area contributed by atoms with E-state index in [4.69, 9.17) is 4.74 Å². The highest BCUT2D eigenvalue weighted by Crippen LogP contribution is 2.32. The normalized spacial score (nSPS) is 10.5. The number of hydrogen-bond donors (Lipinski definition) is 0. The average Bonchev–Trinajstić information content (AvgIpc) is 2.94. The number of rotatable bonds is 5. The van der Waals surface area contributed by atoms with Gasteiger partial charge in [-0.3, -0.25) is 4.79 Å². The minimum absolute atomic E-state index is 0.574. The van der Waals surface area contributed by atoms with Crippen LogP contribution in [0.25, 0.3) is 0 Å². The largest absolute Gasteiger partial charge is 0.457 e. The van der Waals surface area contributed by atoms with Gasteiger partial charge in [0.15, 0.2) is 5.16 Å². The number of aldehydes is 1. The van der Waals surface area contributed by atoms with Gasteiger partial charge in [-0.25, -0.2) is 4.98 Å². The number of imidazole rings is 1. The molecule has 0 fully saturated rings. The summed E-state index contributed by atoms with van der Waals surface area (Å²) in [7, 11) is 1.93. The summed E-state index contributed by atoms with van der Waals surface area (Å²) >= 11 is 3.73. The highest BCUT2D eigenvalue weighted by Gasteiger charge is 2.07. The Morgan fingerprint density at radius 2 is 1.96 bits per heavy atom. The Balaban J connectivity index is 1.88. The first-order valence-electron chi connectivity index (χ1n) is 6.83. The molecule has 2 aromatic carbocycles. The van der Waals surface area contributed by atoms with Gasteiger partial charge in [-0.15, -0.1) is 0 Å². The number of nitrogens with zero attached hydrogens (tertiary/aromatic N) is 2. The van der Waals surface area contributed by atoms with Crippen LogP contribution in [0.2, 0.25) is 0 Å². The summed E-state index contributed by atoms with van der Waals surface area (Å²) in [5.41, 5.74) is 0.574. The van der Waals surface area contributed by atoms with Gasteiger partial charge in [0.1, 0.15) is 17.8 Å². The van der Waals surface area contributed by atoms with Crippen molar-refractivity contribution < 1.29 is 9.53 Å². The monoisotopic (exact) mass is 436 g/mol. The van der Waals surface area contributed by atoms with Crippen molar-refractivity contribution in [1.29, 1.82) is 0 Å². The van der Waals surface area contributed by atoms with Crippen LogP contribution >= 0.6 is 34.4 Å². The van der Waals surface area contributed by atoms with Gasteiger partial charge in [-0.2, -0.15) is 0 Å². The summed E-state index contributed by atoms with van der Waals surface area (Å²) in [6.45, 7) is 0. The molecule has 0 aliphatic carbocycles. The van der Waals surface area contributed by atoms with Crippen molar-refractivity contribution in [3.63, 3.8) is 0 Å². The highest BCUT2D eigenvalue weighted by atomic mass is 127. The van der Waals surface area contributed by atoms with Gasteiger partial charge in [0.25, 0.3) is 0 Å². The molecule has 3 aromatic rings. The molecule has 0 saturated heterocycles. The molecule has 0 unspecified atom stereocenters. The Bertz CT molecular complexity index is 831. The number of carbonyl (C=O) groups excluding carboxylic acids is 1. The van der Waals surface area contributed by atoms with Gasteiger partial charge in [0, 0.05) is 33.5 Å². The van der Waals surface area contributed by atoms with Crippen LogP contribution < -0.4 is 4.74 Å². The fourth-order valence-corrected chi connectivity index (χ4v) is 3.23. The number of halogens is 1. The predicted octanol–water partition coefficient (Wildman–Crippen LogP) is 4.78. The summed E-state index contributed by atoms with van der Waals surface area (Å²) in [5.74, 6) is 1.37. The third kappa shape index (κ3) is 4.14. The second-order valence-electron chi connectivity index (χ2n) is 4.83. The van der Waals surface area contributed by atoms with E-state index in [0.717, 1.165) is 25.7 Å². The second-order valence-corrected chi connectivity index (χ2v) is 7.12. The summed E-state index contributed by atoms with van der Waals surface area (Å²) in [6, 6.07) is 13.2. The van der Waals surface area contributed by atoms with E-state index in [0.29, 0.717) is 11.3 Å². The molecule has 6 heteroatoms. The van der Waals surface area contributed by atoms with Crippen molar-refractivity contribution in [2.45, 2.75) is 10.1 Å². The molecule has 0 radical (unpaired) electrons. The first kappa shape index (κ1) is 16.1.